The van der Waals surface area contributed by atoms with Gasteiger partial charge in [0.15, 0.2) is 0 Å². The molecule has 3 aromatic carbocycles. The van der Waals surface area contributed by atoms with E-state index < -0.39 is 0 Å². The molecule has 0 saturated heterocycles. The monoisotopic (exact) mass is 321 g/mol. The maximum Gasteiger partial charge on any atom is 0.0511 e. The molecule has 0 aliphatic carbocycles. The lowest BCUT2D eigenvalue weighted by molar-refractivity contribution is 0.749. The summed E-state index contributed by atoms with van der Waals surface area (Å²) >= 11 is 5.97. The predicted molar refractivity (Wildman–Crippen MR) is 100.0 cm³/mol. The predicted octanol–water partition coefficient (Wildman–Crippen LogP) is 6.57. The highest BCUT2D eigenvalue weighted by atomic mass is 35.5. The van der Waals surface area contributed by atoms with Crippen molar-refractivity contribution >= 4 is 17.3 Å². The molecule has 3 rings (SSSR count). The summed E-state index contributed by atoms with van der Waals surface area (Å²) < 4.78 is 0. The van der Waals surface area contributed by atoms with Gasteiger partial charge in [0.25, 0.3) is 0 Å². The molecule has 0 amide bonds. The Morgan fingerprint density at radius 3 is 2.00 bits per heavy atom. The van der Waals surface area contributed by atoms with Crippen LogP contribution in [0.1, 0.15) is 24.9 Å². The normalized spacial score (nSPS) is 11.9. The quantitative estimate of drug-likeness (QED) is 0.560. The molecule has 0 fully saturated rings. The van der Waals surface area contributed by atoms with Crippen molar-refractivity contribution < 1.29 is 0 Å². The van der Waals surface area contributed by atoms with E-state index in [0.29, 0.717) is 0 Å². The molecule has 2 heteroatoms. The van der Waals surface area contributed by atoms with Crippen LogP contribution in [0.3, 0.4) is 0 Å². The zero-order valence-corrected chi connectivity index (χ0v) is 13.9. The van der Waals surface area contributed by atoms with Crippen molar-refractivity contribution in [2.45, 2.75) is 19.4 Å². The lowest BCUT2D eigenvalue weighted by atomic mass is 10.0. The number of rotatable bonds is 5. The first kappa shape index (κ1) is 15.6. The highest BCUT2D eigenvalue weighted by molar-refractivity contribution is 6.30. The number of hydrogen-bond acceptors (Lipinski definition) is 1. The molecule has 3 aromatic rings. The van der Waals surface area contributed by atoms with Crippen LogP contribution in [-0.4, -0.2) is 0 Å². The molecule has 0 saturated carbocycles. The second kappa shape index (κ2) is 7.34. The Hall–Kier alpha value is -2.25. The van der Waals surface area contributed by atoms with Crippen LogP contribution in [0.5, 0.6) is 0 Å². The molecule has 0 aromatic heterocycles. The first-order valence-corrected chi connectivity index (χ1v) is 8.31. The Kier molecular flexibility index (Phi) is 4.99. The van der Waals surface area contributed by atoms with Crippen molar-refractivity contribution in [1.82, 2.24) is 0 Å². The third-order valence-corrected chi connectivity index (χ3v) is 4.27. The van der Waals surface area contributed by atoms with E-state index in [1.165, 1.54) is 16.7 Å². The maximum atomic E-state index is 5.97. The molecule has 116 valence electrons. The van der Waals surface area contributed by atoms with E-state index in [2.05, 4.69) is 72.9 Å². The van der Waals surface area contributed by atoms with Gasteiger partial charge >= 0.3 is 0 Å². The van der Waals surface area contributed by atoms with Gasteiger partial charge in [-0.1, -0.05) is 73.1 Å². The van der Waals surface area contributed by atoms with Gasteiger partial charge in [0, 0.05) is 10.7 Å². The molecule has 1 N–H and O–H groups in total. The van der Waals surface area contributed by atoms with Gasteiger partial charge in [-0.25, -0.2) is 0 Å². The van der Waals surface area contributed by atoms with Crippen LogP contribution in [0.2, 0.25) is 5.02 Å². The average molecular weight is 322 g/mol. The van der Waals surface area contributed by atoms with Crippen LogP contribution in [0.25, 0.3) is 11.1 Å². The van der Waals surface area contributed by atoms with E-state index in [0.717, 1.165) is 17.1 Å². The van der Waals surface area contributed by atoms with Crippen LogP contribution >= 0.6 is 11.6 Å². The minimum absolute atomic E-state index is 0.287. The van der Waals surface area contributed by atoms with Gasteiger partial charge in [-0.2, -0.15) is 0 Å². The molecule has 0 spiro atoms. The fourth-order valence-electron chi connectivity index (χ4n) is 2.71. The summed E-state index contributed by atoms with van der Waals surface area (Å²) in [6.45, 7) is 2.19. The Morgan fingerprint density at radius 2 is 1.39 bits per heavy atom. The van der Waals surface area contributed by atoms with Gasteiger partial charge < -0.3 is 5.32 Å². The Balaban J connectivity index is 1.75. The second-order valence-electron chi connectivity index (χ2n) is 5.60. The first-order valence-electron chi connectivity index (χ1n) is 7.94. The van der Waals surface area contributed by atoms with E-state index in [-0.39, 0.29) is 6.04 Å². The number of anilines is 1. The van der Waals surface area contributed by atoms with E-state index in [1.54, 1.807) is 0 Å². The summed E-state index contributed by atoms with van der Waals surface area (Å²) in [7, 11) is 0. The Morgan fingerprint density at radius 1 is 0.783 bits per heavy atom. The Labute approximate surface area is 142 Å². The molecule has 0 unspecified atom stereocenters. The molecule has 0 aliphatic heterocycles. The molecule has 0 aliphatic rings. The van der Waals surface area contributed by atoms with E-state index in [4.69, 9.17) is 11.6 Å². The third kappa shape index (κ3) is 3.94. The minimum Gasteiger partial charge on any atom is -0.378 e. The summed E-state index contributed by atoms with van der Waals surface area (Å²) in [5.74, 6) is 0. The second-order valence-corrected chi connectivity index (χ2v) is 6.04. The van der Waals surface area contributed by atoms with Gasteiger partial charge in [-0.3, -0.25) is 0 Å². The van der Waals surface area contributed by atoms with Crippen LogP contribution in [0.15, 0.2) is 78.9 Å². The third-order valence-electron chi connectivity index (χ3n) is 4.01. The molecule has 23 heavy (non-hydrogen) atoms. The van der Waals surface area contributed by atoms with Crippen molar-refractivity contribution in [2.75, 3.05) is 5.32 Å². The van der Waals surface area contributed by atoms with E-state index in [9.17, 15) is 0 Å². The number of nitrogens with one attached hydrogen (secondary N) is 1. The highest BCUT2D eigenvalue weighted by Crippen LogP contribution is 2.26. The minimum atomic E-state index is 0.287. The average Bonchev–Trinajstić information content (AvgIpc) is 2.62. The van der Waals surface area contributed by atoms with Crippen LogP contribution in [0, 0.1) is 0 Å². The molecule has 1 nitrogen and oxygen atoms in total. The SMILES string of the molecule is CC[C@H](Nc1ccc(-c2ccccc2)cc1)c1ccc(Cl)cc1. The molecular weight excluding hydrogens is 302 g/mol. The van der Waals surface area contributed by atoms with Crippen molar-refractivity contribution in [3.63, 3.8) is 0 Å². The van der Waals surface area contributed by atoms with Gasteiger partial charge in [-0.15, -0.1) is 0 Å². The Bertz CT molecular complexity index is 733. The molecule has 0 heterocycles. The largest absolute Gasteiger partial charge is 0.378 e. The van der Waals surface area contributed by atoms with Gasteiger partial charge in [0.2, 0.25) is 0 Å². The summed E-state index contributed by atoms with van der Waals surface area (Å²) in [6.07, 6.45) is 1.02. The fraction of sp³-hybridized carbons (Fsp3) is 0.143. The number of hydrogen-bond donors (Lipinski definition) is 1. The van der Waals surface area contributed by atoms with Crippen molar-refractivity contribution in [3.05, 3.63) is 89.4 Å². The molecule has 0 radical (unpaired) electrons. The number of benzene rings is 3. The zero-order valence-electron chi connectivity index (χ0n) is 13.2. The lowest BCUT2D eigenvalue weighted by Crippen LogP contribution is -2.09. The van der Waals surface area contributed by atoms with Crippen LogP contribution < -0.4 is 5.32 Å². The maximum absolute atomic E-state index is 5.97. The van der Waals surface area contributed by atoms with Crippen molar-refractivity contribution in [3.8, 4) is 11.1 Å². The molecule has 1 atom stereocenters. The number of halogens is 1. The van der Waals surface area contributed by atoms with Gasteiger partial charge in [0.05, 0.1) is 6.04 Å². The van der Waals surface area contributed by atoms with Crippen molar-refractivity contribution in [2.24, 2.45) is 0 Å². The zero-order chi connectivity index (χ0) is 16.1. The standard InChI is InChI=1S/C21H20ClN/c1-2-21(18-8-12-19(22)13-9-18)23-20-14-10-17(11-15-20)16-6-4-3-5-7-16/h3-15,21,23H,2H2,1H3/t21-/m0/s1. The highest BCUT2D eigenvalue weighted by Gasteiger charge is 2.09. The van der Waals surface area contributed by atoms with E-state index in [1.807, 2.05) is 18.2 Å². The molecular formula is C21H20ClN. The van der Waals surface area contributed by atoms with Crippen LogP contribution in [-0.2, 0) is 0 Å². The lowest BCUT2D eigenvalue weighted by Gasteiger charge is -2.19. The molecule has 0 bridgehead atoms. The fourth-order valence-corrected chi connectivity index (χ4v) is 2.83. The van der Waals surface area contributed by atoms with E-state index >= 15 is 0 Å². The summed E-state index contributed by atoms with van der Waals surface area (Å²) in [6, 6.07) is 27.4. The first-order chi connectivity index (χ1) is 11.3. The topological polar surface area (TPSA) is 12.0 Å². The summed E-state index contributed by atoms with van der Waals surface area (Å²) in [5, 5.41) is 4.37. The van der Waals surface area contributed by atoms with Gasteiger partial charge in [-0.05, 0) is 47.4 Å². The smallest absolute Gasteiger partial charge is 0.0511 e. The summed E-state index contributed by atoms with van der Waals surface area (Å²) in [5.41, 5.74) is 4.86. The van der Waals surface area contributed by atoms with Gasteiger partial charge in [0.1, 0.15) is 0 Å². The van der Waals surface area contributed by atoms with Crippen LogP contribution in [0.4, 0.5) is 5.69 Å². The summed E-state index contributed by atoms with van der Waals surface area (Å²) in [4.78, 5) is 0. The van der Waals surface area contributed by atoms with Crippen molar-refractivity contribution in [1.29, 1.82) is 0 Å².